The molecule has 0 amide bonds. The molecular weight excluding hydrogens is 224 g/mol. The molecule has 2 aromatic rings. The van der Waals surface area contributed by atoms with Crippen molar-refractivity contribution in [1.29, 1.82) is 0 Å². The summed E-state index contributed by atoms with van der Waals surface area (Å²) >= 11 is 5.62. The average Bonchev–Trinajstić information content (AvgIpc) is 2.37. The molecule has 0 saturated carbocycles. The van der Waals surface area contributed by atoms with Crippen LogP contribution in [0.4, 0.5) is 0 Å². The molecule has 1 aliphatic rings. The van der Waals surface area contributed by atoms with Gasteiger partial charge in [0, 0.05) is 5.41 Å². The zero-order valence-electron chi connectivity index (χ0n) is 10.0. The van der Waals surface area contributed by atoms with Gasteiger partial charge in [0.2, 0.25) is 0 Å². The Hall–Kier alpha value is -1.47. The van der Waals surface area contributed by atoms with Gasteiger partial charge in [0.05, 0.1) is 4.86 Å². The second-order valence-corrected chi connectivity index (χ2v) is 5.45. The summed E-state index contributed by atoms with van der Waals surface area (Å²) in [6.07, 6.45) is 0. The van der Waals surface area contributed by atoms with E-state index in [0.717, 1.165) is 4.86 Å². The van der Waals surface area contributed by atoms with Crippen LogP contribution in [0, 0.1) is 0 Å². The van der Waals surface area contributed by atoms with Crippen molar-refractivity contribution in [3.05, 3.63) is 70.8 Å². The van der Waals surface area contributed by atoms with Crippen LogP contribution in [-0.4, -0.2) is 4.86 Å². The molecule has 0 saturated heterocycles. The molecule has 0 fully saturated rings. The van der Waals surface area contributed by atoms with Crippen LogP contribution in [0.5, 0.6) is 0 Å². The lowest BCUT2D eigenvalue weighted by molar-refractivity contribution is 0.633. The second-order valence-electron chi connectivity index (χ2n) is 5.05. The molecule has 0 bridgehead atoms. The molecular formula is C16H14S. The van der Waals surface area contributed by atoms with E-state index >= 15 is 0 Å². The van der Waals surface area contributed by atoms with Crippen molar-refractivity contribution in [3.63, 3.8) is 0 Å². The van der Waals surface area contributed by atoms with Gasteiger partial charge < -0.3 is 0 Å². The summed E-state index contributed by atoms with van der Waals surface area (Å²) in [6.45, 7) is 4.54. The topological polar surface area (TPSA) is 0 Å². The first-order valence-electron chi connectivity index (χ1n) is 5.86. The van der Waals surface area contributed by atoms with Crippen molar-refractivity contribution in [3.8, 4) is 0 Å². The Bertz CT molecular complexity index is 557. The minimum Gasteiger partial charge on any atom is -0.0788 e. The number of thiocarbonyl (C=S) groups is 1. The van der Waals surface area contributed by atoms with Crippen LogP contribution in [0.3, 0.4) is 0 Å². The normalized spacial score (nSPS) is 16.2. The number of hydrogen-bond acceptors (Lipinski definition) is 1. The van der Waals surface area contributed by atoms with Gasteiger partial charge in [-0.05, 0) is 22.3 Å². The molecule has 0 aromatic heterocycles. The largest absolute Gasteiger partial charge is 0.0788 e. The van der Waals surface area contributed by atoms with Gasteiger partial charge in [0.15, 0.2) is 0 Å². The third-order valence-corrected chi connectivity index (χ3v) is 4.13. The van der Waals surface area contributed by atoms with Crippen molar-refractivity contribution in [2.45, 2.75) is 19.3 Å². The van der Waals surface area contributed by atoms with Gasteiger partial charge in [-0.2, -0.15) is 0 Å². The second kappa shape index (κ2) is 3.51. The number of rotatable bonds is 0. The van der Waals surface area contributed by atoms with E-state index in [1.807, 2.05) is 0 Å². The fourth-order valence-electron chi connectivity index (χ4n) is 2.74. The smallest absolute Gasteiger partial charge is 0.0528 e. The van der Waals surface area contributed by atoms with Crippen LogP contribution >= 0.6 is 12.2 Å². The number of benzene rings is 2. The Morgan fingerprint density at radius 3 is 1.65 bits per heavy atom. The van der Waals surface area contributed by atoms with Crippen molar-refractivity contribution in [2.24, 2.45) is 0 Å². The number of fused-ring (bicyclic) bond motifs is 2. The van der Waals surface area contributed by atoms with Crippen molar-refractivity contribution < 1.29 is 0 Å². The molecule has 2 aromatic carbocycles. The highest BCUT2D eigenvalue weighted by molar-refractivity contribution is 7.81. The van der Waals surface area contributed by atoms with Crippen LogP contribution in [0.15, 0.2) is 48.5 Å². The Morgan fingerprint density at radius 2 is 1.18 bits per heavy atom. The predicted molar refractivity (Wildman–Crippen MR) is 75.8 cm³/mol. The van der Waals surface area contributed by atoms with Gasteiger partial charge in [-0.15, -0.1) is 0 Å². The summed E-state index contributed by atoms with van der Waals surface area (Å²) in [5, 5.41) is 0. The first kappa shape index (κ1) is 10.7. The van der Waals surface area contributed by atoms with Gasteiger partial charge in [-0.25, -0.2) is 0 Å². The summed E-state index contributed by atoms with van der Waals surface area (Å²) in [5.74, 6) is 0. The third-order valence-electron chi connectivity index (χ3n) is 3.69. The maximum Gasteiger partial charge on any atom is 0.0528 e. The van der Waals surface area contributed by atoms with Crippen molar-refractivity contribution >= 4 is 17.1 Å². The first-order chi connectivity index (χ1) is 8.12. The fourth-order valence-corrected chi connectivity index (χ4v) is 3.10. The standard InChI is InChI=1S/C16H14S/c1-16(2)13-9-5-3-7-11(13)15(17)12-8-4-6-10-14(12)16/h3-10H,1-2H3. The van der Waals surface area contributed by atoms with Crippen LogP contribution in [-0.2, 0) is 5.41 Å². The lowest BCUT2D eigenvalue weighted by atomic mass is 9.69. The van der Waals surface area contributed by atoms with Crippen molar-refractivity contribution in [2.75, 3.05) is 0 Å². The van der Waals surface area contributed by atoms with Gasteiger partial charge in [-0.1, -0.05) is 74.6 Å². The third kappa shape index (κ3) is 1.39. The van der Waals surface area contributed by atoms with Crippen LogP contribution in [0.1, 0.15) is 36.1 Å². The van der Waals surface area contributed by atoms with E-state index in [-0.39, 0.29) is 5.41 Å². The van der Waals surface area contributed by atoms with Crippen LogP contribution in [0.25, 0.3) is 0 Å². The van der Waals surface area contributed by atoms with Crippen molar-refractivity contribution in [1.82, 2.24) is 0 Å². The zero-order chi connectivity index (χ0) is 12.0. The molecule has 17 heavy (non-hydrogen) atoms. The molecule has 0 atom stereocenters. The molecule has 0 spiro atoms. The van der Waals surface area contributed by atoms with Crippen LogP contribution in [0.2, 0.25) is 0 Å². The van der Waals surface area contributed by atoms with E-state index in [2.05, 4.69) is 62.4 Å². The van der Waals surface area contributed by atoms with E-state index < -0.39 is 0 Å². The number of hydrogen-bond donors (Lipinski definition) is 0. The Balaban J connectivity index is 2.38. The van der Waals surface area contributed by atoms with E-state index in [9.17, 15) is 0 Å². The molecule has 0 heterocycles. The summed E-state index contributed by atoms with van der Waals surface area (Å²) in [6, 6.07) is 17.0. The molecule has 0 radical (unpaired) electrons. The van der Waals surface area contributed by atoms with Gasteiger partial charge in [0.25, 0.3) is 0 Å². The van der Waals surface area contributed by atoms with Crippen LogP contribution < -0.4 is 0 Å². The van der Waals surface area contributed by atoms with E-state index in [1.54, 1.807) is 0 Å². The summed E-state index contributed by atoms with van der Waals surface area (Å²) in [4.78, 5) is 0.982. The van der Waals surface area contributed by atoms with E-state index in [4.69, 9.17) is 12.2 Å². The summed E-state index contributed by atoms with van der Waals surface area (Å²) in [7, 11) is 0. The lowest BCUT2D eigenvalue weighted by Gasteiger charge is -2.35. The molecule has 0 unspecified atom stereocenters. The molecule has 1 aliphatic carbocycles. The predicted octanol–water partition coefficient (Wildman–Crippen LogP) is 4.09. The van der Waals surface area contributed by atoms with E-state index in [0.29, 0.717) is 0 Å². The summed E-state index contributed by atoms with van der Waals surface area (Å²) < 4.78 is 0. The van der Waals surface area contributed by atoms with Gasteiger partial charge in [0.1, 0.15) is 0 Å². The molecule has 0 nitrogen and oxygen atoms in total. The molecule has 3 rings (SSSR count). The minimum absolute atomic E-state index is 0.0372. The SMILES string of the molecule is CC1(C)c2ccccc2C(=S)c2ccccc21. The average molecular weight is 238 g/mol. The maximum absolute atomic E-state index is 5.62. The van der Waals surface area contributed by atoms with E-state index in [1.165, 1.54) is 22.3 Å². The lowest BCUT2D eigenvalue weighted by Crippen LogP contribution is -2.29. The van der Waals surface area contributed by atoms with Gasteiger partial charge >= 0.3 is 0 Å². The van der Waals surface area contributed by atoms with Gasteiger partial charge in [-0.3, -0.25) is 0 Å². The minimum atomic E-state index is 0.0372. The Labute approximate surface area is 107 Å². The maximum atomic E-state index is 5.62. The highest BCUT2D eigenvalue weighted by Gasteiger charge is 2.33. The first-order valence-corrected chi connectivity index (χ1v) is 6.27. The molecule has 0 N–H and O–H groups in total. The molecule has 0 aliphatic heterocycles. The summed E-state index contributed by atoms with van der Waals surface area (Å²) in [5.41, 5.74) is 5.14. The zero-order valence-corrected chi connectivity index (χ0v) is 10.8. The monoisotopic (exact) mass is 238 g/mol. The highest BCUT2D eigenvalue weighted by Crippen LogP contribution is 2.41. The fraction of sp³-hybridized carbons (Fsp3) is 0.188. The Kier molecular flexibility index (Phi) is 2.20. The Morgan fingerprint density at radius 1 is 0.765 bits per heavy atom. The molecule has 1 heteroatoms. The highest BCUT2D eigenvalue weighted by atomic mass is 32.1. The quantitative estimate of drug-likeness (QED) is 0.623. The molecule has 84 valence electrons.